The van der Waals surface area contributed by atoms with Gasteiger partial charge < -0.3 is 10.0 Å². The van der Waals surface area contributed by atoms with Crippen LogP contribution in [0, 0.1) is 5.82 Å². The van der Waals surface area contributed by atoms with E-state index in [9.17, 15) is 14.3 Å². The fourth-order valence-electron chi connectivity index (χ4n) is 1.69. The van der Waals surface area contributed by atoms with Gasteiger partial charge in [-0.25, -0.2) is 4.39 Å². The molecule has 1 heterocycles. The normalized spacial score (nSPS) is 10.5. The highest BCUT2D eigenvalue weighted by Crippen LogP contribution is 2.24. The van der Waals surface area contributed by atoms with Crippen LogP contribution in [-0.2, 0) is 6.54 Å². The molecule has 0 aliphatic carbocycles. The molecule has 6 heteroatoms. The van der Waals surface area contributed by atoms with E-state index in [1.165, 1.54) is 28.4 Å². The van der Waals surface area contributed by atoms with E-state index in [4.69, 9.17) is 0 Å². The highest BCUT2D eigenvalue weighted by atomic mass is 79.9. The number of carbonyl (C=O) groups excluding carboxylic acids is 1. The second kappa shape index (κ2) is 5.71. The molecule has 0 radical (unpaired) electrons. The number of hydrogen-bond acceptors (Lipinski definition) is 3. The summed E-state index contributed by atoms with van der Waals surface area (Å²) < 4.78 is 14.6. The monoisotopic (exact) mass is 343 g/mol. The maximum Gasteiger partial charge on any atom is 0.260 e. The zero-order chi connectivity index (χ0) is 14.0. The molecule has 2 aromatic rings. The van der Waals surface area contributed by atoms with Crippen molar-refractivity contribution in [2.45, 2.75) is 6.54 Å². The van der Waals surface area contributed by atoms with Crippen LogP contribution in [0.5, 0.6) is 5.75 Å². The van der Waals surface area contributed by atoms with Gasteiger partial charge in [-0.15, -0.1) is 11.3 Å². The average molecular weight is 344 g/mol. The lowest BCUT2D eigenvalue weighted by atomic mass is 10.1. The Labute approximate surface area is 122 Å². The van der Waals surface area contributed by atoms with Crippen molar-refractivity contribution in [3.8, 4) is 5.75 Å². The van der Waals surface area contributed by atoms with E-state index in [2.05, 4.69) is 15.9 Å². The van der Waals surface area contributed by atoms with Crippen molar-refractivity contribution in [2.24, 2.45) is 0 Å². The van der Waals surface area contributed by atoms with Crippen molar-refractivity contribution in [3.05, 3.63) is 50.4 Å². The van der Waals surface area contributed by atoms with E-state index >= 15 is 0 Å². The second-order valence-electron chi connectivity index (χ2n) is 4.05. The minimum absolute atomic E-state index is 0.292. The first-order valence-corrected chi connectivity index (χ1v) is 7.12. The van der Waals surface area contributed by atoms with Crippen molar-refractivity contribution in [1.29, 1.82) is 0 Å². The molecule has 0 atom stereocenters. The molecule has 0 saturated carbocycles. The summed E-state index contributed by atoms with van der Waals surface area (Å²) in [6, 6.07) is 5.71. The number of phenols is 1. The number of amides is 1. The number of aromatic hydroxyl groups is 1. The van der Waals surface area contributed by atoms with Crippen molar-refractivity contribution in [3.63, 3.8) is 0 Å². The van der Waals surface area contributed by atoms with E-state index < -0.39 is 11.7 Å². The Hall–Kier alpha value is -1.40. The molecule has 19 heavy (non-hydrogen) atoms. The lowest BCUT2D eigenvalue weighted by Gasteiger charge is -2.17. The van der Waals surface area contributed by atoms with E-state index in [-0.39, 0.29) is 11.3 Å². The Bertz CT molecular complexity index is 594. The van der Waals surface area contributed by atoms with E-state index in [1.54, 1.807) is 7.05 Å². The third-order valence-corrected chi connectivity index (χ3v) is 4.15. The van der Waals surface area contributed by atoms with Gasteiger partial charge in [0.2, 0.25) is 0 Å². The van der Waals surface area contributed by atoms with Crippen LogP contribution in [-0.4, -0.2) is 23.0 Å². The molecule has 0 saturated heterocycles. The average Bonchev–Trinajstić information content (AvgIpc) is 2.74. The first kappa shape index (κ1) is 14.0. The third kappa shape index (κ3) is 3.13. The highest BCUT2D eigenvalue weighted by Gasteiger charge is 2.20. The van der Waals surface area contributed by atoms with E-state index in [0.717, 1.165) is 15.4 Å². The fraction of sp³-hybridized carbons (Fsp3) is 0.154. The predicted octanol–water partition coefficient (Wildman–Crippen LogP) is 3.63. The van der Waals surface area contributed by atoms with Gasteiger partial charge >= 0.3 is 0 Å². The summed E-state index contributed by atoms with van der Waals surface area (Å²) in [6.07, 6.45) is 0. The number of rotatable bonds is 3. The van der Waals surface area contributed by atoms with Gasteiger partial charge in [0, 0.05) is 13.6 Å². The molecule has 3 nitrogen and oxygen atoms in total. The van der Waals surface area contributed by atoms with Crippen LogP contribution in [0.4, 0.5) is 4.39 Å². The Morgan fingerprint density at radius 2 is 2.26 bits per heavy atom. The smallest absolute Gasteiger partial charge is 0.260 e. The first-order valence-electron chi connectivity index (χ1n) is 5.45. The van der Waals surface area contributed by atoms with Gasteiger partial charge in [-0.05, 0) is 45.1 Å². The molecule has 0 aliphatic rings. The van der Waals surface area contributed by atoms with E-state index in [1.807, 2.05) is 11.4 Å². The minimum atomic E-state index is -0.719. The predicted molar refractivity (Wildman–Crippen MR) is 75.9 cm³/mol. The molecule has 0 aliphatic heterocycles. The number of phenolic OH excluding ortho intramolecular Hbond substituents is 1. The van der Waals surface area contributed by atoms with Crippen molar-refractivity contribution in [2.75, 3.05) is 7.05 Å². The molecular formula is C13H11BrFNO2S. The maximum absolute atomic E-state index is 13.6. The quantitative estimate of drug-likeness (QED) is 0.924. The molecule has 0 bridgehead atoms. The topological polar surface area (TPSA) is 40.5 Å². The summed E-state index contributed by atoms with van der Waals surface area (Å²) in [7, 11) is 1.57. The van der Waals surface area contributed by atoms with Gasteiger partial charge in [0.1, 0.15) is 17.1 Å². The van der Waals surface area contributed by atoms with Gasteiger partial charge in [0.05, 0.1) is 3.79 Å². The number of benzene rings is 1. The summed E-state index contributed by atoms with van der Waals surface area (Å²) in [5.74, 6) is -1.61. The summed E-state index contributed by atoms with van der Waals surface area (Å²) in [5.41, 5.74) is 0.655. The van der Waals surface area contributed by atoms with Gasteiger partial charge in [-0.1, -0.05) is 6.07 Å². The largest absolute Gasteiger partial charge is 0.507 e. The standard InChI is InChI=1S/C13H11BrFNO2S/c1-16(6-8-5-11(14)19-7-8)13(18)12-9(15)3-2-4-10(12)17/h2-5,7,17H,6H2,1H3. The van der Waals surface area contributed by atoms with Crippen LogP contribution >= 0.6 is 27.3 Å². The van der Waals surface area contributed by atoms with Crippen molar-refractivity contribution >= 4 is 33.2 Å². The summed E-state index contributed by atoms with van der Waals surface area (Å²) >= 11 is 4.86. The Morgan fingerprint density at radius 1 is 1.53 bits per heavy atom. The van der Waals surface area contributed by atoms with Crippen molar-refractivity contribution in [1.82, 2.24) is 4.90 Å². The van der Waals surface area contributed by atoms with Gasteiger partial charge in [-0.3, -0.25) is 4.79 Å². The molecule has 2 rings (SSSR count). The number of halogens is 2. The summed E-state index contributed by atoms with van der Waals surface area (Å²) in [6.45, 7) is 0.356. The number of nitrogens with zero attached hydrogens (tertiary/aromatic N) is 1. The van der Waals surface area contributed by atoms with Crippen LogP contribution in [0.1, 0.15) is 15.9 Å². The highest BCUT2D eigenvalue weighted by molar-refractivity contribution is 9.11. The van der Waals surface area contributed by atoms with Crippen LogP contribution < -0.4 is 0 Å². The SMILES string of the molecule is CN(Cc1csc(Br)c1)C(=O)c1c(O)cccc1F. The molecule has 1 aromatic carbocycles. The Balaban J connectivity index is 2.19. The van der Waals surface area contributed by atoms with E-state index in [0.29, 0.717) is 6.54 Å². The van der Waals surface area contributed by atoms with Crippen LogP contribution in [0.15, 0.2) is 33.4 Å². The molecule has 1 N–H and O–H groups in total. The second-order valence-corrected chi connectivity index (χ2v) is 6.34. The molecule has 1 aromatic heterocycles. The number of thiophene rings is 1. The molecular weight excluding hydrogens is 333 g/mol. The summed E-state index contributed by atoms with van der Waals surface area (Å²) in [4.78, 5) is 13.5. The van der Waals surface area contributed by atoms with Crippen LogP contribution in [0.25, 0.3) is 0 Å². The molecule has 0 spiro atoms. The Morgan fingerprint density at radius 3 is 2.84 bits per heavy atom. The zero-order valence-corrected chi connectivity index (χ0v) is 12.5. The first-order chi connectivity index (χ1) is 8.99. The fourth-order valence-corrected chi connectivity index (χ4v) is 2.89. The molecule has 0 unspecified atom stereocenters. The molecule has 1 amide bonds. The maximum atomic E-state index is 13.6. The lowest BCUT2D eigenvalue weighted by molar-refractivity contribution is 0.0777. The Kier molecular flexibility index (Phi) is 4.21. The van der Waals surface area contributed by atoms with Crippen molar-refractivity contribution < 1.29 is 14.3 Å². The number of carbonyl (C=O) groups is 1. The summed E-state index contributed by atoms with van der Waals surface area (Å²) in [5, 5.41) is 11.5. The third-order valence-electron chi connectivity index (χ3n) is 2.59. The van der Waals surface area contributed by atoms with Gasteiger partial charge in [0.15, 0.2) is 0 Å². The van der Waals surface area contributed by atoms with Crippen LogP contribution in [0.3, 0.4) is 0 Å². The molecule has 0 fully saturated rings. The van der Waals surface area contributed by atoms with Gasteiger partial charge in [0.25, 0.3) is 5.91 Å². The zero-order valence-electron chi connectivity index (χ0n) is 10.1. The minimum Gasteiger partial charge on any atom is -0.507 e. The lowest BCUT2D eigenvalue weighted by Crippen LogP contribution is -2.26. The molecule has 100 valence electrons. The van der Waals surface area contributed by atoms with Crippen LogP contribution in [0.2, 0.25) is 0 Å². The van der Waals surface area contributed by atoms with Gasteiger partial charge in [-0.2, -0.15) is 0 Å². The number of hydrogen-bond donors (Lipinski definition) is 1.